The molecule has 0 saturated heterocycles. The number of hydrogen-bond acceptors (Lipinski definition) is 9. The van der Waals surface area contributed by atoms with Gasteiger partial charge in [-0.15, -0.1) is 0 Å². The fraction of sp³-hybridized carbons (Fsp3) is 0.280. The molecule has 0 saturated carbocycles. The normalized spacial score (nSPS) is 12.7. The van der Waals surface area contributed by atoms with Crippen LogP contribution in [-0.4, -0.2) is 71.6 Å². The molecule has 3 aromatic heterocycles. The molecule has 0 fully saturated rings. The van der Waals surface area contributed by atoms with Crippen molar-refractivity contribution in [1.29, 1.82) is 0 Å². The Balaban J connectivity index is 1.49. The average molecular weight is 488 g/mol. The lowest BCUT2D eigenvalue weighted by Gasteiger charge is -2.23. The van der Waals surface area contributed by atoms with E-state index in [1.54, 1.807) is 25.4 Å². The summed E-state index contributed by atoms with van der Waals surface area (Å²) >= 11 is 0. The number of aromatic amines is 1. The van der Waals surface area contributed by atoms with E-state index in [-0.39, 0.29) is 5.69 Å². The fourth-order valence-corrected chi connectivity index (χ4v) is 4.34. The number of carbonyl (C=O) groups excluding carboxylic acids is 1. The third-order valence-corrected chi connectivity index (χ3v) is 6.17. The van der Waals surface area contributed by atoms with E-state index in [1.807, 2.05) is 6.07 Å². The van der Waals surface area contributed by atoms with Crippen LogP contribution in [-0.2, 0) is 6.42 Å². The molecule has 0 unspecified atom stereocenters. The molecular formula is C25H29N9O2. The second-order valence-electron chi connectivity index (χ2n) is 8.87. The second-order valence-corrected chi connectivity index (χ2v) is 8.87. The standard InChI is InChI=1S/C25H29N9O2/c1-33(2)11-12-34-10-7-15-13-20(36-3)18(14-19(15)34)30-25-31-23-16(6-9-28-23)24(32-25)29-17-5-4-8-27-21(17)22(26)35/h4-6,8-9,13-14H,7,10-12H2,1-3H3,(H2,26,35)(H3,28,29,30,31,32). The van der Waals surface area contributed by atoms with Crippen molar-refractivity contribution in [3.05, 3.63) is 54.0 Å². The minimum absolute atomic E-state index is 0.132. The molecule has 1 aromatic carbocycles. The van der Waals surface area contributed by atoms with E-state index in [4.69, 9.17) is 15.5 Å². The Labute approximate surface area is 208 Å². The van der Waals surface area contributed by atoms with Gasteiger partial charge < -0.3 is 35.9 Å². The van der Waals surface area contributed by atoms with Crippen molar-refractivity contribution in [2.75, 3.05) is 56.4 Å². The van der Waals surface area contributed by atoms with Crippen LogP contribution >= 0.6 is 0 Å². The number of carbonyl (C=O) groups is 1. The molecule has 0 spiro atoms. The number of anilines is 5. The topological polar surface area (TPSA) is 137 Å². The Bertz CT molecular complexity index is 1420. The third-order valence-electron chi connectivity index (χ3n) is 6.17. The second kappa shape index (κ2) is 9.70. The van der Waals surface area contributed by atoms with Gasteiger partial charge in [-0.05, 0) is 56.4 Å². The Kier molecular flexibility index (Phi) is 6.30. The number of amides is 1. The Morgan fingerprint density at radius 1 is 1.22 bits per heavy atom. The van der Waals surface area contributed by atoms with Crippen LogP contribution in [0.2, 0.25) is 0 Å². The molecule has 186 valence electrons. The van der Waals surface area contributed by atoms with E-state index in [2.05, 4.69) is 61.6 Å². The molecular weight excluding hydrogens is 458 g/mol. The van der Waals surface area contributed by atoms with Crippen LogP contribution in [0, 0.1) is 0 Å². The number of pyridine rings is 1. The van der Waals surface area contributed by atoms with Crippen molar-refractivity contribution in [2.24, 2.45) is 5.73 Å². The molecule has 1 aliphatic heterocycles. The van der Waals surface area contributed by atoms with E-state index in [0.717, 1.165) is 42.9 Å². The van der Waals surface area contributed by atoms with Crippen molar-refractivity contribution in [1.82, 2.24) is 24.8 Å². The first kappa shape index (κ1) is 23.4. The number of fused-ring (bicyclic) bond motifs is 2. The van der Waals surface area contributed by atoms with Gasteiger partial charge in [0.1, 0.15) is 17.2 Å². The molecule has 36 heavy (non-hydrogen) atoms. The van der Waals surface area contributed by atoms with Crippen LogP contribution in [0.4, 0.5) is 28.8 Å². The van der Waals surface area contributed by atoms with Gasteiger partial charge in [0.25, 0.3) is 5.91 Å². The molecule has 0 radical (unpaired) electrons. The van der Waals surface area contributed by atoms with Gasteiger partial charge in [-0.25, -0.2) is 4.98 Å². The first-order valence-corrected chi connectivity index (χ1v) is 11.7. The fourth-order valence-electron chi connectivity index (χ4n) is 4.34. The van der Waals surface area contributed by atoms with Gasteiger partial charge in [-0.1, -0.05) is 0 Å². The summed E-state index contributed by atoms with van der Waals surface area (Å²) in [5.74, 6) is 0.966. The number of primary amides is 1. The molecule has 5 rings (SSSR count). The number of benzene rings is 1. The minimum atomic E-state index is -0.627. The molecule has 4 heterocycles. The van der Waals surface area contributed by atoms with Crippen LogP contribution in [0.5, 0.6) is 5.75 Å². The number of aromatic nitrogens is 4. The summed E-state index contributed by atoms with van der Waals surface area (Å²) in [6.45, 7) is 2.89. The summed E-state index contributed by atoms with van der Waals surface area (Å²) in [6, 6.07) is 9.49. The quantitative estimate of drug-likeness (QED) is 0.281. The highest BCUT2D eigenvalue weighted by atomic mass is 16.5. The van der Waals surface area contributed by atoms with Crippen molar-refractivity contribution < 1.29 is 9.53 Å². The van der Waals surface area contributed by atoms with Gasteiger partial charge in [0.05, 0.1) is 23.9 Å². The summed E-state index contributed by atoms with van der Waals surface area (Å²) in [5.41, 5.74) is 9.94. The molecule has 0 bridgehead atoms. The number of nitrogens with one attached hydrogen (secondary N) is 3. The number of H-pyrrole nitrogens is 1. The van der Waals surface area contributed by atoms with E-state index in [9.17, 15) is 4.79 Å². The number of nitrogens with two attached hydrogens (primary N) is 1. The number of hydrogen-bond donors (Lipinski definition) is 4. The first-order valence-electron chi connectivity index (χ1n) is 11.7. The summed E-state index contributed by atoms with van der Waals surface area (Å²) < 4.78 is 5.69. The molecule has 4 aromatic rings. The molecule has 1 aliphatic rings. The van der Waals surface area contributed by atoms with E-state index in [0.29, 0.717) is 23.1 Å². The van der Waals surface area contributed by atoms with Gasteiger partial charge in [0.15, 0.2) is 5.69 Å². The lowest BCUT2D eigenvalue weighted by atomic mass is 10.1. The maximum absolute atomic E-state index is 11.9. The van der Waals surface area contributed by atoms with Crippen molar-refractivity contribution in [2.45, 2.75) is 6.42 Å². The van der Waals surface area contributed by atoms with E-state index < -0.39 is 5.91 Å². The zero-order chi connectivity index (χ0) is 25.2. The van der Waals surface area contributed by atoms with Crippen molar-refractivity contribution in [3.63, 3.8) is 0 Å². The maximum atomic E-state index is 11.9. The molecule has 11 heteroatoms. The van der Waals surface area contributed by atoms with Crippen LogP contribution in [0.3, 0.4) is 0 Å². The van der Waals surface area contributed by atoms with Crippen LogP contribution in [0.25, 0.3) is 11.0 Å². The number of ether oxygens (including phenoxy) is 1. The molecule has 5 N–H and O–H groups in total. The van der Waals surface area contributed by atoms with Gasteiger partial charge in [0.2, 0.25) is 5.95 Å². The van der Waals surface area contributed by atoms with Gasteiger partial charge in [-0.3, -0.25) is 4.79 Å². The first-order chi connectivity index (χ1) is 17.4. The van der Waals surface area contributed by atoms with E-state index in [1.165, 1.54) is 17.4 Å². The SMILES string of the molecule is COc1cc2c(cc1Nc1nc(Nc3cccnc3C(N)=O)c3cc[nH]c3n1)N(CCN(C)C)CC2. The predicted molar refractivity (Wildman–Crippen MR) is 141 cm³/mol. The molecule has 0 atom stereocenters. The molecule has 1 amide bonds. The zero-order valence-corrected chi connectivity index (χ0v) is 20.5. The highest BCUT2D eigenvalue weighted by Gasteiger charge is 2.22. The summed E-state index contributed by atoms with van der Waals surface area (Å²) in [5, 5.41) is 7.29. The average Bonchev–Trinajstić information content (AvgIpc) is 3.49. The summed E-state index contributed by atoms with van der Waals surface area (Å²) in [6.07, 6.45) is 4.28. The van der Waals surface area contributed by atoms with E-state index >= 15 is 0 Å². The monoisotopic (exact) mass is 487 g/mol. The van der Waals surface area contributed by atoms with Crippen molar-refractivity contribution in [3.8, 4) is 5.75 Å². The minimum Gasteiger partial charge on any atom is -0.495 e. The Hall–Kier alpha value is -4.38. The smallest absolute Gasteiger partial charge is 0.269 e. The predicted octanol–water partition coefficient (Wildman–Crippen LogP) is 2.87. The lowest BCUT2D eigenvalue weighted by molar-refractivity contribution is 0.0996. The van der Waals surface area contributed by atoms with Crippen LogP contribution < -0.4 is 26.0 Å². The number of rotatable bonds is 9. The summed E-state index contributed by atoms with van der Waals surface area (Å²) in [4.78, 5) is 33.0. The van der Waals surface area contributed by atoms with Gasteiger partial charge in [-0.2, -0.15) is 9.97 Å². The van der Waals surface area contributed by atoms with Crippen molar-refractivity contribution >= 4 is 45.8 Å². The van der Waals surface area contributed by atoms with Gasteiger partial charge in [0, 0.05) is 37.7 Å². The number of likely N-dealkylation sites (N-methyl/N-ethyl adjacent to an activating group) is 1. The zero-order valence-electron chi connectivity index (χ0n) is 20.5. The number of nitrogens with zero attached hydrogens (tertiary/aromatic N) is 5. The third kappa shape index (κ3) is 4.60. The Morgan fingerprint density at radius 2 is 2.08 bits per heavy atom. The lowest BCUT2D eigenvalue weighted by Crippen LogP contribution is -2.30. The maximum Gasteiger partial charge on any atom is 0.269 e. The molecule has 0 aliphatic carbocycles. The largest absolute Gasteiger partial charge is 0.495 e. The van der Waals surface area contributed by atoms with Crippen LogP contribution in [0.1, 0.15) is 16.1 Å². The van der Waals surface area contributed by atoms with Crippen LogP contribution in [0.15, 0.2) is 42.7 Å². The molecule has 11 nitrogen and oxygen atoms in total. The summed E-state index contributed by atoms with van der Waals surface area (Å²) in [7, 11) is 5.81. The number of methoxy groups -OCH3 is 1. The highest BCUT2D eigenvalue weighted by Crippen LogP contribution is 2.38. The highest BCUT2D eigenvalue weighted by molar-refractivity contribution is 5.99. The Morgan fingerprint density at radius 3 is 2.86 bits per heavy atom. The van der Waals surface area contributed by atoms with Gasteiger partial charge >= 0.3 is 0 Å².